The minimum atomic E-state index is -0.718. The van der Waals surface area contributed by atoms with Gasteiger partial charge in [0.25, 0.3) is 0 Å². The summed E-state index contributed by atoms with van der Waals surface area (Å²) < 4.78 is 0. The minimum Gasteiger partial charge on any atom is -0.481 e. The van der Waals surface area contributed by atoms with Gasteiger partial charge in [-0.1, -0.05) is 49.9 Å². The van der Waals surface area contributed by atoms with Crippen LogP contribution < -0.4 is 0 Å². The molecule has 0 heterocycles. The monoisotopic (exact) mass is 390 g/mol. The van der Waals surface area contributed by atoms with Gasteiger partial charge >= 0.3 is 11.9 Å². The summed E-state index contributed by atoms with van der Waals surface area (Å²) in [5, 5.41) is 18.4. The Hall–Kier alpha value is -1.84. The van der Waals surface area contributed by atoms with Gasteiger partial charge in [0.1, 0.15) is 0 Å². The molecule has 1 rings (SSSR count). The van der Waals surface area contributed by atoms with Gasteiger partial charge in [0.05, 0.1) is 10.8 Å². The van der Waals surface area contributed by atoms with E-state index in [-0.39, 0.29) is 0 Å². The fourth-order valence-corrected chi connectivity index (χ4v) is 3.38. The number of aryl methyl sites for hydroxylation is 2. The normalized spacial score (nSPS) is 12.1. The van der Waals surface area contributed by atoms with E-state index in [1.54, 1.807) is 27.7 Å². The Morgan fingerprint density at radius 2 is 1.04 bits per heavy atom. The largest absolute Gasteiger partial charge is 0.481 e. The molecule has 0 aliphatic carbocycles. The summed E-state index contributed by atoms with van der Waals surface area (Å²) in [6.07, 6.45) is 9.67. The number of carbonyl (C=O) groups is 2. The van der Waals surface area contributed by atoms with Crippen molar-refractivity contribution in [3.8, 4) is 0 Å². The lowest BCUT2D eigenvalue weighted by molar-refractivity contribution is -0.148. The van der Waals surface area contributed by atoms with Crippen LogP contribution in [0.25, 0.3) is 0 Å². The Morgan fingerprint density at radius 3 is 1.36 bits per heavy atom. The van der Waals surface area contributed by atoms with E-state index in [9.17, 15) is 19.8 Å². The highest BCUT2D eigenvalue weighted by Crippen LogP contribution is 2.26. The van der Waals surface area contributed by atoms with Crippen LogP contribution in [0.3, 0.4) is 0 Å². The molecule has 0 aliphatic rings. The van der Waals surface area contributed by atoms with Crippen molar-refractivity contribution in [3.63, 3.8) is 0 Å². The molecule has 0 atom stereocenters. The average Bonchev–Trinajstić information content (AvgIpc) is 2.61. The van der Waals surface area contributed by atoms with Crippen molar-refractivity contribution in [2.24, 2.45) is 10.8 Å². The van der Waals surface area contributed by atoms with E-state index in [0.717, 1.165) is 64.2 Å². The van der Waals surface area contributed by atoms with Crippen molar-refractivity contribution in [1.82, 2.24) is 0 Å². The second kappa shape index (κ2) is 11.2. The van der Waals surface area contributed by atoms with Gasteiger partial charge in [0.2, 0.25) is 0 Å². The zero-order chi connectivity index (χ0) is 21.2. The molecule has 0 unspecified atom stereocenters. The molecule has 4 nitrogen and oxygen atoms in total. The van der Waals surface area contributed by atoms with Crippen molar-refractivity contribution < 1.29 is 19.8 Å². The molecule has 2 N–H and O–H groups in total. The Kier molecular flexibility index (Phi) is 9.71. The van der Waals surface area contributed by atoms with E-state index in [0.29, 0.717) is 0 Å². The highest BCUT2D eigenvalue weighted by atomic mass is 16.4. The van der Waals surface area contributed by atoms with Crippen molar-refractivity contribution in [2.45, 2.75) is 91.9 Å². The van der Waals surface area contributed by atoms with E-state index in [4.69, 9.17) is 0 Å². The highest BCUT2D eigenvalue weighted by Gasteiger charge is 2.26. The molecule has 0 saturated carbocycles. The molecule has 0 spiro atoms. The molecule has 0 bridgehead atoms. The van der Waals surface area contributed by atoms with Gasteiger partial charge in [-0.3, -0.25) is 9.59 Å². The molecular formula is C24H38O4. The first kappa shape index (κ1) is 24.2. The zero-order valence-corrected chi connectivity index (χ0v) is 18.1. The number of hydrogen-bond donors (Lipinski definition) is 2. The maximum atomic E-state index is 11.2. The first-order chi connectivity index (χ1) is 13.1. The van der Waals surface area contributed by atoms with Gasteiger partial charge in [-0.05, 0) is 77.3 Å². The lowest BCUT2D eigenvalue weighted by Crippen LogP contribution is -2.23. The van der Waals surface area contributed by atoms with Crippen LogP contribution >= 0.6 is 0 Å². The zero-order valence-electron chi connectivity index (χ0n) is 18.1. The number of hydrogen-bond acceptors (Lipinski definition) is 2. The molecule has 0 radical (unpaired) electrons. The molecule has 0 amide bonds. The topological polar surface area (TPSA) is 74.6 Å². The molecule has 0 saturated heterocycles. The average molecular weight is 391 g/mol. The Balaban J connectivity index is 2.34. The van der Waals surface area contributed by atoms with Gasteiger partial charge in [-0.2, -0.15) is 0 Å². The predicted molar refractivity (Wildman–Crippen MR) is 114 cm³/mol. The summed E-state index contributed by atoms with van der Waals surface area (Å²) in [4.78, 5) is 22.3. The molecular weight excluding hydrogens is 352 g/mol. The number of rotatable bonds is 14. The number of benzene rings is 1. The van der Waals surface area contributed by atoms with Gasteiger partial charge in [-0.25, -0.2) is 0 Å². The fraction of sp³-hybridized carbons (Fsp3) is 0.667. The summed E-state index contributed by atoms with van der Waals surface area (Å²) in [6, 6.07) is 8.57. The van der Waals surface area contributed by atoms with Crippen LogP contribution in [0.15, 0.2) is 24.3 Å². The summed E-state index contributed by atoms with van der Waals surface area (Å²) in [6.45, 7) is 7.18. The number of carboxylic acid groups (broad SMARTS) is 2. The van der Waals surface area contributed by atoms with Crippen LogP contribution in [-0.2, 0) is 22.4 Å². The first-order valence-corrected chi connectivity index (χ1v) is 10.6. The van der Waals surface area contributed by atoms with E-state index < -0.39 is 22.8 Å². The van der Waals surface area contributed by atoms with Crippen molar-refractivity contribution in [3.05, 3.63) is 35.4 Å². The van der Waals surface area contributed by atoms with Crippen LogP contribution in [0.1, 0.15) is 90.2 Å². The van der Waals surface area contributed by atoms with E-state index in [1.165, 1.54) is 11.1 Å². The lowest BCUT2D eigenvalue weighted by atomic mass is 9.86. The predicted octanol–water partition coefficient (Wildman–Crippen LogP) is 6.11. The van der Waals surface area contributed by atoms with Crippen molar-refractivity contribution >= 4 is 11.9 Å². The highest BCUT2D eigenvalue weighted by molar-refractivity contribution is 5.73. The molecule has 0 fully saturated rings. The van der Waals surface area contributed by atoms with Gasteiger partial charge in [0, 0.05) is 0 Å². The second-order valence-electron chi connectivity index (χ2n) is 9.27. The quantitative estimate of drug-likeness (QED) is 0.376. The smallest absolute Gasteiger partial charge is 0.309 e. The summed E-state index contributed by atoms with van der Waals surface area (Å²) in [7, 11) is 0. The van der Waals surface area contributed by atoms with E-state index >= 15 is 0 Å². The van der Waals surface area contributed by atoms with Crippen LogP contribution in [0.4, 0.5) is 0 Å². The first-order valence-electron chi connectivity index (χ1n) is 10.6. The number of unbranched alkanes of at least 4 members (excludes halogenated alkanes) is 4. The maximum absolute atomic E-state index is 11.2. The lowest BCUT2D eigenvalue weighted by Gasteiger charge is -2.19. The molecule has 158 valence electrons. The van der Waals surface area contributed by atoms with Crippen LogP contribution in [0.5, 0.6) is 0 Å². The van der Waals surface area contributed by atoms with Gasteiger partial charge < -0.3 is 10.2 Å². The molecule has 28 heavy (non-hydrogen) atoms. The third-order valence-electron chi connectivity index (χ3n) is 5.77. The summed E-state index contributed by atoms with van der Waals surface area (Å²) in [5.74, 6) is -1.44. The molecule has 0 aliphatic heterocycles. The van der Waals surface area contributed by atoms with Crippen molar-refractivity contribution in [1.29, 1.82) is 0 Å². The van der Waals surface area contributed by atoms with Gasteiger partial charge in [0.15, 0.2) is 0 Å². The van der Waals surface area contributed by atoms with E-state index in [2.05, 4.69) is 24.3 Å². The number of aliphatic carboxylic acids is 2. The standard InChI is InChI=1S/C24H38O4/c1-23(2,21(25)26)17-11-5-7-13-19-15-9-10-16-20(19)14-8-6-12-18-24(3,4)22(27)28/h9-10,15-16H,5-8,11-14,17-18H2,1-4H3,(H,25,26)(H,27,28). The van der Waals surface area contributed by atoms with Crippen molar-refractivity contribution in [2.75, 3.05) is 0 Å². The second-order valence-corrected chi connectivity index (χ2v) is 9.27. The van der Waals surface area contributed by atoms with Crippen LogP contribution in [0, 0.1) is 10.8 Å². The Morgan fingerprint density at radius 1 is 0.679 bits per heavy atom. The fourth-order valence-electron chi connectivity index (χ4n) is 3.38. The summed E-state index contributed by atoms with van der Waals surface area (Å²) in [5.41, 5.74) is 1.52. The Labute approximate surface area is 170 Å². The van der Waals surface area contributed by atoms with E-state index in [1.807, 2.05) is 0 Å². The SMILES string of the molecule is CC(C)(CCCCCc1ccccc1CCCCCC(C)(C)C(=O)O)C(=O)O. The maximum Gasteiger partial charge on any atom is 0.309 e. The molecule has 1 aromatic carbocycles. The van der Waals surface area contributed by atoms with Crippen LogP contribution in [0.2, 0.25) is 0 Å². The molecule has 0 aromatic heterocycles. The third kappa shape index (κ3) is 8.45. The minimum absolute atomic E-state index is 0.632. The number of carboxylic acids is 2. The Bertz CT molecular complexity index is 576. The summed E-state index contributed by atoms with van der Waals surface area (Å²) >= 11 is 0. The molecule has 4 heteroatoms. The molecule has 1 aromatic rings. The van der Waals surface area contributed by atoms with Crippen LogP contribution in [-0.4, -0.2) is 22.2 Å². The third-order valence-corrected chi connectivity index (χ3v) is 5.77. The van der Waals surface area contributed by atoms with Gasteiger partial charge in [-0.15, -0.1) is 0 Å².